The largest absolute Gasteiger partial charge is 0.441 e. The minimum Gasteiger partial charge on any atom is -0.441 e. The lowest BCUT2D eigenvalue weighted by atomic mass is 9.91. The Balaban J connectivity index is 1.61. The van der Waals surface area contributed by atoms with Crippen LogP contribution in [0.4, 0.5) is 4.79 Å². The van der Waals surface area contributed by atoms with Crippen molar-refractivity contribution >= 4 is 11.9 Å². The summed E-state index contributed by atoms with van der Waals surface area (Å²) >= 11 is 0. The van der Waals surface area contributed by atoms with Gasteiger partial charge in [0.15, 0.2) is 0 Å². The zero-order valence-electron chi connectivity index (χ0n) is 16.0. The molecule has 2 aromatic carbocycles. The number of nitrogens with zero attached hydrogens (tertiary/aromatic N) is 2. The molecule has 1 aliphatic heterocycles. The van der Waals surface area contributed by atoms with Crippen LogP contribution in [0.15, 0.2) is 59.0 Å². The lowest BCUT2D eigenvalue weighted by Gasteiger charge is -2.22. The van der Waals surface area contributed by atoms with Crippen LogP contribution in [0.2, 0.25) is 0 Å². The first-order chi connectivity index (χ1) is 13.4. The van der Waals surface area contributed by atoms with Crippen LogP contribution in [0.5, 0.6) is 0 Å². The molecule has 6 heteroatoms. The molecule has 0 spiro atoms. The van der Waals surface area contributed by atoms with Crippen molar-refractivity contribution in [1.82, 2.24) is 15.2 Å². The average molecular weight is 375 g/mol. The quantitative estimate of drug-likeness (QED) is 0.701. The Morgan fingerprint density at radius 3 is 2.39 bits per heavy atom. The maximum Gasteiger partial charge on any atom is 0.325 e. The van der Waals surface area contributed by atoms with E-state index in [1.54, 1.807) is 13.8 Å². The smallest absolute Gasteiger partial charge is 0.325 e. The summed E-state index contributed by atoms with van der Waals surface area (Å²) in [5.41, 5.74) is 2.16. The number of amides is 3. The van der Waals surface area contributed by atoms with Gasteiger partial charge in [-0.2, -0.15) is 0 Å². The van der Waals surface area contributed by atoms with Gasteiger partial charge in [-0.1, -0.05) is 48.0 Å². The summed E-state index contributed by atoms with van der Waals surface area (Å²) in [6, 6.07) is 16.7. The maximum atomic E-state index is 13.1. The van der Waals surface area contributed by atoms with Crippen LogP contribution in [0.3, 0.4) is 0 Å². The van der Waals surface area contributed by atoms with Gasteiger partial charge in [-0.05, 0) is 38.5 Å². The molecule has 1 aliphatic rings. The fourth-order valence-electron chi connectivity index (χ4n) is 3.35. The van der Waals surface area contributed by atoms with E-state index in [1.807, 2.05) is 61.5 Å². The Morgan fingerprint density at radius 2 is 1.71 bits per heavy atom. The molecule has 1 saturated heterocycles. The second-order valence-corrected chi connectivity index (χ2v) is 7.20. The van der Waals surface area contributed by atoms with Crippen LogP contribution in [0.25, 0.3) is 11.5 Å². The number of oxazole rings is 1. The van der Waals surface area contributed by atoms with Crippen molar-refractivity contribution in [2.45, 2.75) is 32.9 Å². The summed E-state index contributed by atoms with van der Waals surface area (Å²) in [6.07, 6.45) is 0. The van der Waals surface area contributed by atoms with E-state index in [-0.39, 0.29) is 12.5 Å². The van der Waals surface area contributed by atoms with Crippen molar-refractivity contribution in [2.24, 2.45) is 0 Å². The third-order valence-electron chi connectivity index (χ3n) is 5.13. The number of rotatable bonds is 4. The van der Waals surface area contributed by atoms with Crippen molar-refractivity contribution in [3.8, 4) is 11.5 Å². The molecule has 0 aliphatic carbocycles. The number of benzene rings is 2. The van der Waals surface area contributed by atoms with E-state index in [1.165, 1.54) is 4.90 Å². The monoisotopic (exact) mass is 375 g/mol. The first-order valence-electron chi connectivity index (χ1n) is 9.11. The molecule has 3 amide bonds. The van der Waals surface area contributed by atoms with Crippen LogP contribution in [0, 0.1) is 13.8 Å². The molecule has 1 N–H and O–H groups in total. The zero-order valence-corrected chi connectivity index (χ0v) is 16.0. The second kappa shape index (κ2) is 6.64. The number of carbonyl (C=O) groups excluding carboxylic acids is 2. The van der Waals surface area contributed by atoms with Gasteiger partial charge < -0.3 is 9.73 Å². The summed E-state index contributed by atoms with van der Waals surface area (Å²) in [7, 11) is 0. The van der Waals surface area contributed by atoms with Gasteiger partial charge in [0.1, 0.15) is 17.0 Å². The molecule has 1 unspecified atom stereocenters. The molecule has 2 heterocycles. The third kappa shape index (κ3) is 2.97. The van der Waals surface area contributed by atoms with Gasteiger partial charge in [0.25, 0.3) is 5.91 Å². The molecular weight excluding hydrogens is 354 g/mol. The lowest BCUT2D eigenvalue weighted by molar-refractivity contribution is -0.131. The fraction of sp³-hybridized carbons (Fsp3) is 0.227. The molecule has 1 fully saturated rings. The third-order valence-corrected chi connectivity index (χ3v) is 5.13. The number of carbonyl (C=O) groups is 2. The van der Waals surface area contributed by atoms with Crippen molar-refractivity contribution in [2.75, 3.05) is 0 Å². The zero-order chi connectivity index (χ0) is 19.9. The molecule has 0 saturated carbocycles. The Hall–Kier alpha value is -3.41. The van der Waals surface area contributed by atoms with Crippen molar-refractivity contribution < 1.29 is 14.0 Å². The highest BCUT2D eigenvalue weighted by Gasteiger charge is 2.49. The Labute approximate surface area is 163 Å². The van der Waals surface area contributed by atoms with Gasteiger partial charge in [-0.25, -0.2) is 9.78 Å². The molecular formula is C22H21N3O3. The van der Waals surface area contributed by atoms with E-state index in [9.17, 15) is 9.59 Å². The van der Waals surface area contributed by atoms with Gasteiger partial charge in [0.05, 0.1) is 6.54 Å². The SMILES string of the molecule is Cc1ccc(C2(C)NC(=O)N(Cc3nc(-c4ccccc4)oc3C)C2=O)cc1. The minimum absolute atomic E-state index is 0.0638. The van der Waals surface area contributed by atoms with E-state index in [0.29, 0.717) is 17.3 Å². The van der Waals surface area contributed by atoms with Crippen molar-refractivity contribution in [1.29, 1.82) is 0 Å². The first kappa shape index (κ1) is 18.0. The number of aromatic nitrogens is 1. The average Bonchev–Trinajstić information content (AvgIpc) is 3.16. The molecule has 0 bridgehead atoms. The summed E-state index contributed by atoms with van der Waals surface area (Å²) in [4.78, 5) is 31.4. The highest BCUT2D eigenvalue weighted by atomic mass is 16.4. The van der Waals surface area contributed by atoms with E-state index in [4.69, 9.17) is 4.42 Å². The minimum atomic E-state index is -1.09. The standard InChI is InChI=1S/C22H21N3O3/c1-14-9-11-17(12-10-14)22(3)20(26)25(21(27)24-22)13-18-15(2)28-19(23-18)16-7-5-4-6-8-16/h4-12H,13H2,1-3H3,(H,24,27). The molecule has 28 heavy (non-hydrogen) atoms. The predicted octanol–water partition coefficient (Wildman–Crippen LogP) is 3.93. The van der Waals surface area contributed by atoms with Crippen LogP contribution in [-0.2, 0) is 16.9 Å². The number of urea groups is 1. The number of aryl methyl sites for hydroxylation is 2. The first-order valence-corrected chi connectivity index (χ1v) is 9.11. The Morgan fingerprint density at radius 1 is 1.04 bits per heavy atom. The predicted molar refractivity (Wildman–Crippen MR) is 104 cm³/mol. The molecule has 0 radical (unpaired) electrons. The van der Waals surface area contributed by atoms with E-state index < -0.39 is 11.6 Å². The molecule has 3 aromatic rings. The normalized spacial score (nSPS) is 19.2. The molecule has 1 atom stereocenters. The van der Waals surface area contributed by atoms with Gasteiger partial charge in [-0.15, -0.1) is 0 Å². The number of nitrogens with one attached hydrogen (secondary N) is 1. The molecule has 1 aromatic heterocycles. The van der Waals surface area contributed by atoms with Crippen molar-refractivity contribution in [3.63, 3.8) is 0 Å². The maximum absolute atomic E-state index is 13.1. The summed E-state index contributed by atoms with van der Waals surface area (Å²) in [5.74, 6) is 0.759. The van der Waals surface area contributed by atoms with E-state index in [0.717, 1.165) is 16.7 Å². The molecule has 6 nitrogen and oxygen atoms in total. The summed E-state index contributed by atoms with van der Waals surface area (Å²) in [6.45, 7) is 5.55. The second-order valence-electron chi connectivity index (χ2n) is 7.20. The fourth-order valence-corrected chi connectivity index (χ4v) is 3.35. The van der Waals surface area contributed by atoms with E-state index >= 15 is 0 Å². The number of hydrogen-bond donors (Lipinski definition) is 1. The van der Waals surface area contributed by atoms with Crippen LogP contribution < -0.4 is 5.32 Å². The van der Waals surface area contributed by atoms with Crippen LogP contribution in [0.1, 0.15) is 29.5 Å². The molecule has 142 valence electrons. The lowest BCUT2D eigenvalue weighted by Crippen LogP contribution is -2.40. The topological polar surface area (TPSA) is 75.4 Å². The highest BCUT2D eigenvalue weighted by molar-refractivity contribution is 6.07. The van der Waals surface area contributed by atoms with Gasteiger partial charge in [-0.3, -0.25) is 9.69 Å². The van der Waals surface area contributed by atoms with Gasteiger partial charge >= 0.3 is 6.03 Å². The highest BCUT2D eigenvalue weighted by Crippen LogP contribution is 2.31. The Kier molecular flexibility index (Phi) is 4.26. The van der Waals surface area contributed by atoms with Gasteiger partial charge in [0.2, 0.25) is 5.89 Å². The van der Waals surface area contributed by atoms with E-state index in [2.05, 4.69) is 10.3 Å². The summed E-state index contributed by atoms with van der Waals surface area (Å²) in [5, 5.41) is 2.82. The Bertz CT molecular complexity index is 1040. The number of imide groups is 1. The van der Waals surface area contributed by atoms with Crippen LogP contribution in [-0.4, -0.2) is 21.8 Å². The molecule has 4 rings (SSSR count). The summed E-state index contributed by atoms with van der Waals surface area (Å²) < 4.78 is 5.75. The van der Waals surface area contributed by atoms with Crippen LogP contribution >= 0.6 is 0 Å². The number of hydrogen-bond acceptors (Lipinski definition) is 4. The van der Waals surface area contributed by atoms with Gasteiger partial charge in [0, 0.05) is 5.56 Å². The van der Waals surface area contributed by atoms with Crippen molar-refractivity contribution in [3.05, 3.63) is 77.2 Å².